The number of nitrogens with one attached hydrogen (secondary N) is 3. The molecule has 25 heavy (non-hydrogen) atoms. The summed E-state index contributed by atoms with van der Waals surface area (Å²) in [6, 6.07) is 9.79. The highest BCUT2D eigenvalue weighted by atomic mass is 16.5. The second-order valence-corrected chi connectivity index (χ2v) is 5.46. The van der Waals surface area contributed by atoms with Gasteiger partial charge in [0.2, 0.25) is 6.41 Å². The Bertz CT molecular complexity index is 718. The van der Waals surface area contributed by atoms with Crippen molar-refractivity contribution >= 4 is 17.8 Å². The summed E-state index contributed by atoms with van der Waals surface area (Å²) in [5.41, 5.74) is 11.0. The minimum Gasteiger partial charge on any atom is -0.495 e. The van der Waals surface area contributed by atoms with Crippen molar-refractivity contribution in [3.8, 4) is 0 Å². The highest BCUT2D eigenvalue weighted by Gasteiger charge is 2.16. The van der Waals surface area contributed by atoms with Gasteiger partial charge in [0, 0.05) is 11.8 Å². The van der Waals surface area contributed by atoms with E-state index in [0.717, 1.165) is 40.4 Å². The van der Waals surface area contributed by atoms with Gasteiger partial charge in [0.25, 0.3) is 0 Å². The van der Waals surface area contributed by atoms with E-state index in [9.17, 15) is 4.79 Å². The summed E-state index contributed by atoms with van der Waals surface area (Å²) in [4.78, 5) is 15.2. The maximum absolute atomic E-state index is 10.6. The summed E-state index contributed by atoms with van der Waals surface area (Å²) in [5, 5.41) is 2.58. The second-order valence-electron chi connectivity index (χ2n) is 5.46. The maximum Gasteiger partial charge on any atom is 0.211 e. The van der Waals surface area contributed by atoms with Crippen molar-refractivity contribution in [2.24, 2.45) is 4.99 Å². The average molecular weight is 340 g/mol. The molecule has 0 atom stereocenters. The van der Waals surface area contributed by atoms with Crippen LogP contribution in [0.5, 0.6) is 0 Å². The minimum absolute atomic E-state index is 0.543. The number of carbonyl (C=O) groups is 1. The molecule has 2 rings (SSSR count). The van der Waals surface area contributed by atoms with E-state index in [-0.39, 0.29) is 0 Å². The number of allylic oxidation sites excluding steroid dienone is 2. The van der Waals surface area contributed by atoms with Crippen LogP contribution < -0.4 is 16.2 Å². The molecule has 132 valence electrons. The van der Waals surface area contributed by atoms with Crippen molar-refractivity contribution in [3.05, 3.63) is 65.2 Å². The van der Waals surface area contributed by atoms with E-state index >= 15 is 0 Å². The highest BCUT2D eigenvalue weighted by molar-refractivity contribution is 5.99. The molecule has 1 amide bonds. The van der Waals surface area contributed by atoms with Gasteiger partial charge < -0.3 is 20.9 Å². The average Bonchev–Trinajstić information content (AvgIpc) is 2.67. The predicted molar refractivity (Wildman–Crippen MR) is 101 cm³/mol. The molecule has 1 aromatic carbocycles. The van der Waals surface area contributed by atoms with Gasteiger partial charge in [-0.2, -0.15) is 0 Å². The van der Waals surface area contributed by atoms with E-state index in [1.54, 1.807) is 13.3 Å². The first-order chi connectivity index (χ1) is 12.2. The Morgan fingerprint density at radius 2 is 2.08 bits per heavy atom. The number of hydrogen-bond acceptors (Lipinski definition) is 5. The third-order valence-electron chi connectivity index (χ3n) is 3.77. The zero-order chi connectivity index (χ0) is 18.1. The quantitative estimate of drug-likeness (QED) is 0.502. The number of nitrogens with zero attached hydrogens (tertiary/aromatic N) is 1. The molecule has 1 aliphatic rings. The van der Waals surface area contributed by atoms with Crippen molar-refractivity contribution in [2.45, 2.75) is 20.3 Å². The fourth-order valence-corrected chi connectivity index (χ4v) is 2.48. The van der Waals surface area contributed by atoms with Gasteiger partial charge in [-0.1, -0.05) is 25.1 Å². The summed E-state index contributed by atoms with van der Waals surface area (Å²) >= 11 is 0. The summed E-state index contributed by atoms with van der Waals surface area (Å²) in [5.74, 6) is 0.763. The molecule has 1 aliphatic heterocycles. The predicted octanol–water partition coefficient (Wildman–Crippen LogP) is 2.90. The lowest BCUT2D eigenvalue weighted by Gasteiger charge is -2.20. The SMILES string of the molecule is CCC1=NCC(=C(NNc2ccccc2)/C(C)=C/NC=O)C=C1OC. The number of rotatable bonds is 8. The zero-order valence-electron chi connectivity index (χ0n) is 14.8. The first-order valence-corrected chi connectivity index (χ1v) is 8.16. The molecule has 0 bridgehead atoms. The smallest absolute Gasteiger partial charge is 0.211 e. The van der Waals surface area contributed by atoms with Crippen LogP contribution >= 0.6 is 0 Å². The summed E-state index contributed by atoms with van der Waals surface area (Å²) in [6.45, 7) is 4.51. The molecule has 6 heteroatoms. The van der Waals surface area contributed by atoms with Crippen molar-refractivity contribution in [3.63, 3.8) is 0 Å². The van der Waals surface area contributed by atoms with Crippen molar-refractivity contribution in [1.29, 1.82) is 0 Å². The van der Waals surface area contributed by atoms with Gasteiger partial charge in [-0.25, -0.2) is 0 Å². The number of para-hydroxylation sites is 1. The number of hydrazine groups is 1. The van der Waals surface area contributed by atoms with E-state index in [1.807, 2.05) is 43.3 Å². The Hall–Kier alpha value is -3.02. The van der Waals surface area contributed by atoms with Gasteiger partial charge in [-0.3, -0.25) is 9.79 Å². The number of anilines is 1. The second kappa shape index (κ2) is 9.32. The van der Waals surface area contributed by atoms with Gasteiger partial charge in [-0.15, -0.1) is 0 Å². The number of ether oxygens (including phenoxy) is 1. The summed E-state index contributed by atoms with van der Waals surface area (Å²) in [6.07, 6.45) is 5.09. The third kappa shape index (κ3) is 4.97. The zero-order valence-corrected chi connectivity index (χ0v) is 14.8. The van der Waals surface area contributed by atoms with Crippen LogP contribution in [0.1, 0.15) is 20.3 Å². The highest BCUT2D eigenvalue weighted by Crippen LogP contribution is 2.21. The van der Waals surface area contributed by atoms with E-state index in [4.69, 9.17) is 4.74 Å². The molecular weight excluding hydrogens is 316 g/mol. The van der Waals surface area contributed by atoms with Crippen LogP contribution in [-0.4, -0.2) is 25.8 Å². The van der Waals surface area contributed by atoms with Crippen LogP contribution in [0, 0.1) is 0 Å². The number of dihydropyridines is 1. The largest absolute Gasteiger partial charge is 0.495 e. The molecule has 0 unspecified atom stereocenters. The molecule has 0 radical (unpaired) electrons. The number of amides is 1. The molecule has 1 heterocycles. The van der Waals surface area contributed by atoms with Crippen molar-refractivity contribution in [1.82, 2.24) is 10.7 Å². The third-order valence-corrected chi connectivity index (χ3v) is 3.77. The standard InChI is InChI=1S/C19H24N4O2/c1-4-17-18(25-3)10-15(12-21-17)19(14(2)11-20-13-24)23-22-16-8-6-5-7-9-16/h5-11,13,22-23H,4,12H2,1-3H3,(H,20,24)/b14-11+,19-15?. The molecule has 0 aliphatic carbocycles. The van der Waals surface area contributed by atoms with Gasteiger partial charge >= 0.3 is 0 Å². The first kappa shape index (κ1) is 18.3. The lowest BCUT2D eigenvalue weighted by atomic mass is 10.0. The molecule has 0 saturated carbocycles. The van der Waals surface area contributed by atoms with Crippen LogP contribution in [0.2, 0.25) is 0 Å². The van der Waals surface area contributed by atoms with Gasteiger partial charge in [-0.05, 0) is 37.1 Å². The Kier molecular flexibility index (Phi) is 6.83. The Morgan fingerprint density at radius 1 is 1.32 bits per heavy atom. The summed E-state index contributed by atoms with van der Waals surface area (Å²) in [7, 11) is 1.64. The van der Waals surface area contributed by atoms with E-state index in [0.29, 0.717) is 13.0 Å². The molecule has 6 nitrogen and oxygen atoms in total. The lowest BCUT2D eigenvalue weighted by Crippen LogP contribution is -2.25. The fraction of sp³-hybridized carbons (Fsp3) is 0.263. The minimum atomic E-state index is 0.543. The van der Waals surface area contributed by atoms with Crippen LogP contribution in [0.25, 0.3) is 0 Å². The number of aliphatic imine (C=N–C) groups is 1. The van der Waals surface area contributed by atoms with Gasteiger partial charge in [0.1, 0.15) is 5.76 Å². The molecule has 1 aromatic rings. The van der Waals surface area contributed by atoms with Gasteiger partial charge in [0.15, 0.2) is 0 Å². The Balaban J connectivity index is 2.32. The van der Waals surface area contributed by atoms with Crippen LogP contribution in [-0.2, 0) is 9.53 Å². The first-order valence-electron chi connectivity index (χ1n) is 8.16. The number of methoxy groups -OCH3 is 1. The fourth-order valence-electron chi connectivity index (χ4n) is 2.48. The topological polar surface area (TPSA) is 74.8 Å². The van der Waals surface area contributed by atoms with Gasteiger partial charge in [0.05, 0.1) is 30.8 Å². The Labute approximate surface area is 148 Å². The number of hydrogen-bond donors (Lipinski definition) is 3. The monoisotopic (exact) mass is 340 g/mol. The normalized spacial score (nSPS) is 16.4. The number of carbonyl (C=O) groups excluding carboxylic acids is 1. The van der Waals surface area contributed by atoms with E-state index in [2.05, 4.69) is 28.1 Å². The van der Waals surface area contributed by atoms with Crippen molar-refractivity contribution < 1.29 is 9.53 Å². The molecule has 3 N–H and O–H groups in total. The molecule has 0 saturated heterocycles. The molecular formula is C19H24N4O2. The van der Waals surface area contributed by atoms with Crippen LogP contribution in [0.3, 0.4) is 0 Å². The molecule has 0 spiro atoms. The van der Waals surface area contributed by atoms with E-state index < -0.39 is 0 Å². The van der Waals surface area contributed by atoms with Crippen LogP contribution in [0.15, 0.2) is 70.2 Å². The lowest BCUT2D eigenvalue weighted by molar-refractivity contribution is -0.108. The Morgan fingerprint density at radius 3 is 2.72 bits per heavy atom. The molecule has 0 fully saturated rings. The van der Waals surface area contributed by atoms with Crippen molar-refractivity contribution in [2.75, 3.05) is 19.1 Å². The number of benzene rings is 1. The van der Waals surface area contributed by atoms with E-state index in [1.165, 1.54) is 0 Å². The molecule has 0 aromatic heterocycles. The summed E-state index contributed by atoms with van der Waals surface area (Å²) < 4.78 is 5.46. The van der Waals surface area contributed by atoms with Crippen LogP contribution in [0.4, 0.5) is 5.69 Å². The maximum atomic E-state index is 10.6.